The summed E-state index contributed by atoms with van der Waals surface area (Å²) in [7, 11) is 0. The summed E-state index contributed by atoms with van der Waals surface area (Å²) in [6, 6.07) is 9.33. The van der Waals surface area contributed by atoms with Crippen LogP contribution in [0.5, 0.6) is 0 Å². The van der Waals surface area contributed by atoms with E-state index in [1.165, 1.54) is 22.0 Å². The number of nitrogens with one attached hydrogen (secondary N) is 1. The van der Waals surface area contributed by atoms with Crippen LogP contribution in [0.3, 0.4) is 0 Å². The third kappa shape index (κ3) is 4.06. The monoisotopic (exact) mass is 331 g/mol. The summed E-state index contributed by atoms with van der Waals surface area (Å²) in [6.45, 7) is 7.81. The molecule has 2 unspecified atom stereocenters. The lowest BCUT2D eigenvalue weighted by atomic mass is 9.91. The second-order valence-corrected chi connectivity index (χ2v) is 5.60. The molecule has 0 spiro atoms. The molecule has 1 aromatic carbocycles. The van der Waals surface area contributed by atoms with E-state index in [1.54, 1.807) is 0 Å². The van der Waals surface area contributed by atoms with Gasteiger partial charge in [0.25, 0.3) is 0 Å². The number of benzene rings is 1. The molecule has 16 heavy (non-hydrogen) atoms. The number of hydrogen-bond donors (Lipinski definition) is 1. The maximum atomic E-state index is 3.61. The number of halogens is 1. The molecule has 1 aromatic rings. The van der Waals surface area contributed by atoms with Crippen molar-refractivity contribution in [3.63, 3.8) is 0 Å². The summed E-state index contributed by atoms with van der Waals surface area (Å²) in [5.74, 6) is 0.697. The van der Waals surface area contributed by atoms with E-state index in [0.717, 1.165) is 6.54 Å². The molecule has 0 aliphatic carbocycles. The average Bonchev–Trinajstić information content (AvgIpc) is 2.26. The number of rotatable bonds is 6. The third-order valence-electron chi connectivity index (χ3n) is 2.94. The molecule has 0 saturated carbocycles. The Morgan fingerprint density at radius 1 is 1.31 bits per heavy atom. The van der Waals surface area contributed by atoms with E-state index in [2.05, 4.69) is 72.9 Å². The summed E-state index contributed by atoms with van der Waals surface area (Å²) in [5.41, 5.74) is 1.43. The van der Waals surface area contributed by atoms with E-state index in [4.69, 9.17) is 0 Å². The molecule has 1 N–H and O–H groups in total. The fourth-order valence-electron chi connectivity index (χ4n) is 2.19. The van der Waals surface area contributed by atoms with Gasteiger partial charge in [0.1, 0.15) is 0 Å². The van der Waals surface area contributed by atoms with Crippen LogP contribution in [0.4, 0.5) is 0 Å². The molecule has 0 bridgehead atoms. The Morgan fingerprint density at radius 3 is 2.62 bits per heavy atom. The van der Waals surface area contributed by atoms with E-state index in [0.29, 0.717) is 12.0 Å². The summed E-state index contributed by atoms with van der Waals surface area (Å²) in [5, 5.41) is 3.61. The minimum absolute atomic E-state index is 0.500. The van der Waals surface area contributed by atoms with Crippen molar-refractivity contribution in [2.24, 2.45) is 5.92 Å². The van der Waals surface area contributed by atoms with Crippen LogP contribution in [0.15, 0.2) is 24.3 Å². The van der Waals surface area contributed by atoms with Crippen LogP contribution in [0.25, 0.3) is 0 Å². The SMILES string of the molecule is CCCC(C)C(NCC)c1cccc(I)c1. The van der Waals surface area contributed by atoms with Crippen molar-refractivity contribution in [1.29, 1.82) is 0 Å². The first-order valence-electron chi connectivity index (χ1n) is 6.17. The van der Waals surface area contributed by atoms with Gasteiger partial charge in [-0.15, -0.1) is 0 Å². The molecule has 1 rings (SSSR count). The minimum atomic E-state index is 0.500. The molecule has 0 radical (unpaired) electrons. The zero-order valence-corrected chi connectivity index (χ0v) is 12.6. The normalized spacial score (nSPS) is 14.8. The summed E-state index contributed by atoms with van der Waals surface area (Å²) >= 11 is 2.38. The second kappa shape index (κ2) is 7.28. The molecular weight excluding hydrogens is 309 g/mol. The van der Waals surface area contributed by atoms with E-state index >= 15 is 0 Å². The van der Waals surface area contributed by atoms with Crippen molar-refractivity contribution in [3.8, 4) is 0 Å². The van der Waals surface area contributed by atoms with Crippen LogP contribution in [-0.4, -0.2) is 6.54 Å². The lowest BCUT2D eigenvalue weighted by Gasteiger charge is -2.25. The highest BCUT2D eigenvalue weighted by Gasteiger charge is 2.17. The van der Waals surface area contributed by atoms with Gasteiger partial charge in [0.15, 0.2) is 0 Å². The molecule has 0 fully saturated rings. The van der Waals surface area contributed by atoms with Crippen molar-refractivity contribution in [2.45, 2.75) is 39.7 Å². The largest absolute Gasteiger partial charge is 0.310 e. The molecule has 0 aromatic heterocycles. The Labute approximate surface area is 113 Å². The quantitative estimate of drug-likeness (QED) is 0.763. The van der Waals surface area contributed by atoms with Crippen LogP contribution in [0.1, 0.15) is 45.2 Å². The van der Waals surface area contributed by atoms with Gasteiger partial charge >= 0.3 is 0 Å². The molecule has 0 amide bonds. The standard InChI is InChI=1S/C14H22IN/c1-4-7-11(3)14(16-5-2)12-8-6-9-13(15)10-12/h6,8-11,14,16H,4-5,7H2,1-3H3. The fraction of sp³-hybridized carbons (Fsp3) is 0.571. The first kappa shape index (κ1) is 14.0. The van der Waals surface area contributed by atoms with Crippen LogP contribution in [0, 0.1) is 9.49 Å². The Kier molecular flexibility index (Phi) is 6.36. The van der Waals surface area contributed by atoms with Gasteiger partial charge in [0.2, 0.25) is 0 Å². The van der Waals surface area contributed by atoms with Gasteiger partial charge in [-0.05, 0) is 59.2 Å². The maximum absolute atomic E-state index is 3.61. The third-order valence-corrected chi connectivity index (χ3v) is 3.62. The van der Waals surface area contributed by atoms with Gasteiger partial charge < -0.3 is 5.32 Å². The first-order chi connectivity index (χ1) is 7.69. The zero-order chi connectivity index (χ0) is 12.0. The van der Waals surface area contributed by atoms with Crippen molar-refractivity contribution in [3.05, 3.63) is 33.4 Å². The van der Waals surface area contributed by atoms with Gasteiger partial charge in [0.05, 0.1) is 0 Å². The van der Waals surface area contributed by atoms with Crippen molar-refractivity contribution >= 4 is 22.6 Å². The fourth-order valence-corrected chi connectivity index (χ4v) is 2.76. The highest BCUT2D eigenvalue weighted by atomic mass is 127. The molecule has 90 valence electrons. The summed E-state index contributed by atoms with van der Waals surface area (Å²) < 4.78 is 1.32. The molecule has 0 aliphatic heterocycles. The van der Waals surface area contributed by atoms with Crippen molar-refractivity contribution in [1.82, 2.24) is 5.32 Å². The second-order valence-electron chi connectivity index (χ2n) is 4.36. The van der Waals surface area contributed by atoms with Crippen molar-refractivity contribution < 1.29 is 0 Å². The maximum Gasteiger partial charge on any atom is 0.0346 e. The van der Waals surface area contributed by atoms with E-state index < -0.39 is 0 Å². The molecule has 0 saturated heterocycles. The highest BCUT2D eigenvalue weighted by Crippen LogP contribution is 2.26. The van der Waals surface area contributed by atoms with Gasteiger partial charge in [-0.3, -0.25) is 0 Å². The smallest absolute Gasteiger partial charge is 0.0346 e. The summed E-state index contributed by atoms with van der Waals surface area (Å²) in [6.07, 6.45) is 2.54. The first-order valence-corrected chi connectivity index (χ1v) is 7.25. The highest BCUT2D eigenvalue weighted by molar-refractivity contribution is 14.1. The average molecular weight is 331 g/mol. The summed E-state index contributed by atoms with van der Waals surface area (Å²) in [4.78, 5) is 0. The Hall–Kier alpha value is -0.0900. The van der Waals surface area contributed by atoms with E-state index in [1.807, 2.05) is 0 Å². The van der Waals surface area contributed by atoms with Gasteiger partial charge in [-0.2, -0.15) is 0 Å². The van der Waals surface area contributed by atoms with E-state index in [9.17, 15) is 0 Å². The van der Waals surface area contributed by atoms with Crippen LogP contribution >= 0.6 is 22.6 Å². The molecule has 1 nitrogen and oxygen atoms in total. The predicted octanol–water partition coefficient (Wildman–Crippen LogP) is 4.38. The lowest BCUT2D eigenvalue weighted by molar-refractivity contribution is 0.369. The number of hydrogen-bond acceptors (Lipinski definition) is 1. The van der Waals surface area contributed by atoms with E-state index in [-0.39, 0.29) is 0 Å². The Bertz CT molecular complexity index is 311. The van der Waals surface area contributed by atoms with Crippen molar-refractivity contribution in [2.75, 3.05) is 6.54 Å². The molecular formula is C14H22IN. The lowest BCUT2D eigenvalue weighted by Crippen LogP contribution is -2.26. The Balaban J connectivity index is 2.83. The molecule has 2 heteroatoms. The predicted molar refractivity (Wildman–Crippen MR) is 79.6 cm³/mol. The minimum Gasteiger partial charge on any atom is -0.310 e. The molecule has 0 heterocycles. The van der Waals surface area contributed by atoms with Crippen LogP contribution < -0.4 is 5.32 Å². The van der Waals surface area contributed by atoms with Crippen LogP contribution in [0.2, 0.25) is 0 Å². The van der Waals surface area contributed by atoms with Gasteiger partial charge in [0, 0.05) is 9.61 Å². The Morgan fingerprint density at radius 2 is 2.06 bits per heavy atom. The van der Waals surface area contributed by atoms with Gasteiger partial charge in [-0.1, -0.05) is 39.3 Å². The topological polar surface area (TPSA) is 12.0 Å². The zero-order valence-electron chi connectivity index (χ0n) is 10.5. The van der Waals surface area contributed by atoms with Gasteiger partial charge in [-0.25, -0.2) is 0 Å². The molecule has 2 atom stereocenters. The van der Waals surface area contributed by atoms with Crippen LogP contribution in [-0.2, 0) is 0 Å². The molecule has 0 aliphatic rings.